The van der Waals surface area contributed by atoms with Gasteiger partial charge in [-0.25, -0.2) is 0 Å². The van der Waals surface area contributed by atoms with Crippen molar-refractivity contribution in [3.05, 3.63) is 35.9 Å². The van der Waals surface area contributed by atoms with Crippen LogP contribution in [0.5, 0.6) is 0 Å². The molecule has 2 nitrogen and oxygen atoms in total. The molecular formula is C13H21NO. The molecule has 0 aromatic heterocycles. The van der Waals surface area contributed by atoms with Crippen LogP contribution in [-0.4, -0.2) is 24.3 Å². The number of aliphatic hydroxyl groups excluding tert-OH is 1. The number of aliphatic hydroxyl groups is 1. The minimum absolute atomic E-state index is 0.220. The zero-order chi connectivity index (χ0) is 11.1. The van der Waals surface area contributed by atoms with Gasteiger partial charge in [-0.05, 0) is 17.9 Å². The van der Waals surface area contributed by atoms with Crippen LogP contribution in [0.3, 0.4) is 0 Å². The molecule has 0 heterocycles. The number of nitrogens with one attached hydrogen (secondary N) is 1. The summed E-state index contributed by atoms with van der Waals surface area (Å²) in [7, 11) is 0. The van der Waals surface area contributed by atoms with Gasteiger partial charge in [0.2, 0.25) is 0 Å². The molecule has 0 unspecified atom stereocenters. The average molecular weight is 207 g/mol. The molecule has 2 atom stereocenters. The minimum Gasteiger partial charge on any atom is -0.395 e. The SMILES string of the molecule is CC[C@H](CO)NC[C@@H](C)c1ccccc1. The van der Waals surface area contributed by atoms with Crippen molar-refractivity contribution in [2.24, 2.45) is 0 Å². The van der Waals surface area contributed by atoms with Gasteiger partial charge < -0.3 is 10.4 Å². The van der Waals surface area contributed by atoms with E-state index in [9.17, 15) is 0 Å². The number of rotatable bonds is 6. The maximum absolute atomic E-state index is 9.05. The Hall–Kier alpha value is -0.860. The molecule has 0 amide bonds. The van der Waals surface area contributed by atoms with E-state index in [1.54, 1.807) is 0 Å². The van der Waals surface area contributed by atoms with Crippen LogP contribution in [0.25, 0.3) is 0 Å². The van der Waals surface area contributed by atoms with Crippen LogP contribution >= 0.6 is 0 Å². The fourth-order valence-electron chi connectivity index (χ4n) is 1.58. The molecule has 15 heavy (non-hydrogen) atoms. The Balaban J connectivity index is 2.39. The zero-order valence-electron chi connectivity index (χ0n) is 9.61. The third-order valence-corrected chi connectivity index (χ3v) is 2.79. The summed E-state index contributed by atoms with van der Waals surface area (Å²) in [5.74, 6) is 0.492. The fraction of sp³-hybridized carbons (Fsp3) is 0.538. The van der Waals surface area contributed by atoms with Gasteiger partial charge in [0.05, 0.1) is 6.61 Å². The lowest BCUT2D eigenvalue weighted by Gasteiger charge is -2.18. The molecule has 0 saturated heterocycles. The molecule has 0 aliphatic carbocycles. The molecule has 0 saturated carbocycles. The second kappa shape index (κ2) is 6.59. The molecule has 0 spiro atoms. The molecule has 1 aromatic carbocycles. The average Bonchev–Trinajstić information content (AvgIpc) is 2.31. The maximum Gasteiger partial charge on any atom is 0.0584 e. The molecule has 84 valence electrons. The predicted octanol–water partition coefficient (Wildman–Crippen LogP) is 2.15. The molecule has 0 aliphatic heterocycles. The lowest BCUT2D eigenvalue weighted by atomic mass is 10.0. The smallest absolute Gasteiger partial charge is 0.0584 e. The highest BCUT2D eigenvalue weighted by molar-refractivity contribution is 5.18. The van der Waals surface area contributed by atoms with E-state index in [4.69, 9.17) is 5.11 Å². The highest BCUT2D eigenvalue weighted by Gasteiger charge is 2.08. The fourth-order valence-corrected chi connectivity index (χ4v) is 1.58. The molecule has 2 N–H and O–H groups in total. The topological polar surface area (TPSA) is 32.3 Å². The van der Waals surface area contributed by atoms with Gasteiger partial charge in [0.25, 0.3) is 0 Å². The first-order valence-electron chi connectivity index (χ1n) is 5.67. The van der Waals surface area contributed by atoms with Gasteiger partial charge >= 0.3 is 0 Å². The summed E-state index contributed by atoms with van der Waals surface area (Å²) >= 11 is 0. The van der Waals surface area contributed by atoms with Crippen molar-refractivity contribution in [3.63, 3.8) is 0 Å². The van der Waals surface area contributed by atoms with Gasteiger partial charge in [-0.1, -0.05) is 44.2 Å². The van der Waals surface area contributed by atoms with Gasteiger partial charge in [-0.3, -0.25) is 0 Å². The Morgan fingerprint density at radius 1 is 1.27 bits per heavy atom. The summed E-state index contributed by atoms with van der Waals surface area (Å²) in [4.78, 5) is 0. The quantitative estimate of drug-likeness (QED) is 0.749. The van der Waals surface area contributed by atoms with Crippen LogP contribution in [-0.2, 0) is 0 Å². The summed E-state index contributed by atoms with van der Waals surface area (Å²) in [5, 5.41) is 12.4. The van der Waals surface area contributed by atoms with Gasteiger partial charge in [0.15, 0.2) is 0 Å². The second-order valence-corrected chi connectivity index (χ2v) is 4.01. The Morgan fingerprint density at radius 2 is 1.93 bits per heavy atom. The third kappa shape index (κ3) is 4.02. The van der Waals surface area contributed by atoms with Crippen molar-refractivity contribution in [1.82, 2.24) is 5.32 Å². The first-order chi connectivity index (χ1) is 7.27. The molecule has 1 aromatic rings. The van der Waals surface area contributed by atoms with Crippen LogP contribution in [0.15, 0.2) is 30.3 Å². The van der Waals surface area contributed by atoms with Crippen LogP contribution in [0.2, 0.25) is 0 Å². The molecule has 1 rings (SSSR count). The molecule has 0 fully saturated rings. The molecule has 0 bridgehead atoms. The van der Waals surface area contributed by atoms with E-state index in [1.165, 1.54) is 5.56 Å². The highest BCUT2D eigenvalue weighted by atomic mass is 16.3. The Bertz CT molecular complexity index is 256. The van der Waals surface area contributed by atoms with Crippen molar-refractivity contribution in [3.8, 4) is 0 Å². The van der Waals surface area contributed by atoms with Crippen LogP contribution in [0.1, 0.15) is 31.7 Å². The van der Waals surface area contributed by atoms with Crippen molar-refractivity contribution in [2.45, 2.75) is 32.2 Å². The van der Waals surface area contributed by atoms with Crippen LogP contribution < -0.4 is 5.32 Å². The van der Waals surface area contributed by atoms with Gasteiger partial charge in [0.1, 0.15) is 0 Å². The first-order valence-corrected chi connectivity index (χ1v) is 5.67. The van der Waals surface area contributed by atoms with E-state index >= 15 is 0 Å². The number of hydrogen-bond donors (Lipinski definition) is 2. The van der Waals surface area contributed by atoms with Gasteiger partial charge in [0, 0.05) is 12.6 Å². The van der Waals surface area contributed by atoms with Crippen LogP contribution in [0, 0.1) is 0 Å². The van der Waals surface area contributed by atoms with Crippen molar-refractivity contribution in [2.75, 3.05) is 13.2 Å². The van der Waals surface area contributed by atoms with Crippen LogP contribution in [0.4, 0.5) is 0 Å². The number of hydrogen-bond acceptors (Lipinski definition) is 2. The molecular weight excluding hydrogens is 186 g/mol. The summed E-state index contributed by atoms with van der Waals surface area (Å²) in [5.41, 5.74) is 1.35. The summed E-state index contributed by atoms with van der Waals surface area (Å²) < 4.78 is 0. The highest BCUT2D eigenvalue weighted by Crippen LogP contribution is 2.13. The van der Waals surface area contributed by atoms with Gasteiger partial charge in [-0.15, -0.1) is 0 Å². The molecule has 0 aliphatic rings. The number of benzene rings is 1. The Morgan fingerprint density at radius 3 is 2.47 bits per heavy atom. The molecule has 0 radical (unpaired) electrons. The van der Waals surface area contributed by atoms with E-state index in [-0.39, 0.29) is 12.6 Å². The lowest BCUT2D eigenvalue weighted by Crippen LogP contribution is -2.34. The minimum atomic E-state index is 0.220. The summed E-state index contributed by atoms with van der Waals surface area (Å²) in [6, 6.07) is 10.7. The van der Waals surface area contributed by atoms with Crippen molar-refractivity contribution in [1.29, 1.82) is 0 Å². The predicted molar refractivity (Wildman–Crippen MR) is 64.0 cm³/mol. The van der Waals surface area contributed by atoms with Gasteiger partial charge in [-0.2, -0.15) is 0 Å². The van der Waals surface area contributed by atoms with E-state index in [0.717, 1.165) is 13.0 Å². The second-order valence-electron chi connectivity index (χ2n) is 4.01. The standard InChI is InChI=1S/C13H21NO/c1-3-13(10-15)14-9-11(2)12-7-5-4-6-8-12/h4-8,11,13-15H,3,9-10H2,1-2H3/t11-,13-/m1/s1. The third-order valence-electron chi connectivity index (χ3n) is 2.79. The largest absolute Gasteiger partial charge is 0.395 e. The van der Waals surface area contributed by atoms with E-state index < -0.39 is 0 Å². The summed E-state index contributed by atoms with van der Waals surface area (Å²) in [6.45, 7) is 5.43. The zero-order valence-corrected chi connectivity index (χ0v) is 9.61. The Kier molecular flexibility index (Phi) is 5.37. The Labute approximate surface area is 92.3 Å². The molecule has 2 heteroatoms. The van der Waals surface area contributed by atoms with E-state index in [1.807, 2.05) is 6.07 Å². The monoisotopic (exact) mass is 207 g/mol. The van der Waals surface area contributed by atoms with Crippen molar-refractivity contribution >= 4 is 0 Å². The maximum atomic E-state index is 9.05. The lowest BCUT2D eigenvalue weighted by molar-refractivity contribution is 0.238. The normalized spacial score (nSPS) is 14.9. The van der Waals surface area contributed by atoms with Crippen molar-refractivity contribution < 1.29 is 5.11 Å². The summed E-state index contributed by atoms with van der Waals surface area (Å²) in [6.07, 6.45) is 0.970. The van der Waals surface area contributed by atoms with E-state index in [2.05, 4.69) is 43.4 Å². The van der Waals surface area contributed by atoms with E-state index in [0.29, 0.717) is 5.92 Å². The first kappa shape index (κ1) is 12.2.